The van der Waals surface area contributed by atoms with Gasteiger partial charge < -0.3 is 15.0 Å². The quantitative estimate of drug-likeness (QED) is 0.696. The van der Waals surface area contributed by atoms with E-state index >= 15 is 0 Å². The fourth-order valence-electron chi connectivity index (χ4n) is 5.22. The average molecular weight is 468 g/mol. The highest BCUT2D eigenvalue weighted by atomic mass is 32.1. The van der Waals surface area contributed by atoms with Gasteiger partial charge in [-0.2, -0.15) is 0 Å². The molecule has 1 saturated heterocycles. The van der Waals surface area contributed by atoms with Gasteiger partial charge in [0.15, 0.2) is 0 Å². The van der Waals surface area contributed by atoms with Crippen molar-refractivity contribution in [1.82, 2.24) is 4.90 Å². The zero-order valence-electron chi connectivity index (χ0n) is 18.6. The second-order valence-corrected chi connectivity index (χ2v) is 9.91. The smallest absolute Gasteiger partial charge is 0.341 e. The number of esters is 1. The van der Waals surface area contributed by atoms with E-state index in [-0.39, 0.29) is 18.4 Å². The normalized spacial score (nSPS) is 21.4. The SMILES string of the molecule is COC(=O)c1c(NC(=O)CN2C(=O)c3ccccc3N3C(=O)CCC23C)sc2c1CCCC2. The van der Waals surface area contributed by atoms with Gasteiger partial charge in [0, 0.05) is 11.3 Å². The van der Waals surface area contributed by atoms with E-state index in [0.29, 0.717) is 34.7 Å². The van der Waals surface area contributed by atoms with Crippen LogP contribution in [0.1, 0.15) is 63.8 Å². The summed E-state index contributed by atoms with van der Waals surface area (Å²) in [5, 5.41) is 3.33. The summed E-state index contributed by atoms with van der Waals surface area (Å²) >= 11 is 1.40. The van der Waals surface area contributed by atoms with Crippen LogP contribution in [0.2, 0.25) is 0 Å². The number of thiophene rings is 1. The van der Waals surface area contributed by atoms with Gasteiger partial charge in [-0.1, -0.05) is 12.1 Å². The van der Waals surface area contributed by atoms with Gasteiger partial charge in [-0.05, 0) is 56.7 Å². The predicted octanol–water partition coefficient (Wildman–Crippen LogP) is 3.35. The van der Waals surface area contributed by atoms with Crippen LogP contribution in [0.5, 0.6) is 0 Å². The fourth-order valence-corrected chi connectivity index (χ4v) is 6.52. The Labute approximate surface area is 195 Å². The van der Waals surface area contributed by atoms with Crippen LogP contribution in [0.3, 0.4) is 0 Å². The third-order valence-electron chi connectivity index (χ3n) is 6.86. The van der Waals surface area contributed by atoms with Crippen molar-refractivity contribution in [1.29, 1.82) is 0 Å². The number of hydrogen-bond acceptors (Lipinski definition) is 6. The van der Waals surface area contributed by atoms with Crippen molar-refractivity contribution in [2.24, 2.45) is 0 Å². The standard InChI is InChI=1S/C24H25N3O5S/c1-24-12-11-19(29)27(24)16-9-5-3-7-14(16)22(30)26(24)13-18(28)25-21-20(23(31)32-2)15-8-4-6-10-17(15)33-21/h3,5,7,9H,4,6,8,10-13H2,1-2H3,(H,25,28). The van der Waals surface area contributed by atoms with E-state index in [1.807, 2.05) is 6.92 Å². The van der Waals surface area contributed by atoms with E-state index in [9.17, 15) is 19.2 Å². The largest absolute Gasteiger partial charge is 0.465 e. The molecule has 0 saturated carbocycles. The molecule has 1 N–H and O–H groups in total. The average Bonchev–Trinajstić information content (AvgIpc) is 3.33. The van der Waals surface area contributed by atoms with Gasteiger partial charge in [0.25, 0.3) is 5.91 Å². The Bertz CT molecular complexity index is 1190. The molecule has 0 radical (unpaired) electrons. The highest BCUT2D eigenvalue weighted by Gasteiger charge is 2.53. The molecule has 3 amide bonds. The molecule has 3 heterocycles. The lowest BCUT2D eigenvalue weighted by atomic mass is 9.95. The first-order chi connectivity index (χ1) is 15.8. The van der Waals surface area contributed by atoms with Crippen LogP contribution < -0.4 is 10.2 Å². The van der Waals surface area contributed by atoms with Crippen LogP contribution in [-0.4, -0.2) is 47.9 Å². The van der Waals surface area contributed by atoms with E-state index < -0.39 is 17.5 Å². The summed E-state index contributed by atoms with van der Waals surface area (Å²) in [6.07, 6.45) is 4.44. The second kappa shape index (κ2) is 7.98. The number of anilines is 2. The van der Waals surface area contributed by atoms with Crippen LogP contribution in [-0.2, 0) is 27.2 Å². The Hall–Kier alpha value is -3.20. The molecule has 33 heavy (non-hydrogen) atoms. The van der Waals surface area contributed by atoms with Crippen LogP contribution in [0.25, 0.3) is 0 Å². The summed E-state index contributed by atoms with van der Waals surface area (Å²) in [5.74, 6) is -1.23. The van der Waals surface area contributed by atoms with Crippen LogP contribution in [0.15, 0.2) is 24.3 Å². The number of fused-ring (bicyclic) bond motifs is 4. The van der Waals surface area contributed by atoms with Gasteiger partial charge in [0.2, 0.25) is 11.8 Å². The lowest BCUT2D eigenvalue weighted by Crippen LogP contribution is -2.63. The highest BCUT2D eigenvalue weighted by molar-refractivity contribution is 7.17. The topological polar surface area (TPSA) is 96.0 Å². The van der Waals surface area contributed by atoms with Gasteiger partial charge >= 0.3 is 5.97 Å². The minimum atomic E-state index is -0.917. The molecular formula is C24H25N3O5S. The number of benzene rings is 1. The van der Waals surface area contributed by atoms with Crippen molar-refractivity contribution >= 4 is 45.7 Å². The number of amides is 3. The molecule has 1 unspecified atom stereocenters. The summed E-state index contributed by atoms with van der Waals surface area (Å²) in [6.45, 7) is 1.60. The van der Waals surface area contributed by atoms with Crippen molar-refractivity contribution in [3.8, 4) is 0 Å². The Morgan fingerprint density at radius 2 is 1.91 bits per heavy atom. The molecule has 1 aliphatic carbocycles. The zero-order valence-corrected chi connectivity index (χ0v) is 19.4. The highest BCUT2D eigenvalue weighted by Crippen LogP contribution is 2.44. The first-order valence-electron chi connectivity index (χ1n) is 11.1. The number of nitrogens with one attached hydrogen (secondary N) is 1. The molecule has 9 heteroatoms. The number of carbonyl (C=O) groups is 4. The van der Waals surface area contributed by atoms with Crippen LogP contribution in [0, 0.1) is 0 Å². The molecule has 1 aromatic heterocycles. The lowest BCUT2D eigenvalue weighted by Gasteiger charge is -2.48. The van der Waals surface area contributed by atoms with E-state index in [2.05, 4.69) is 5.32 Å². The number of carbonyl (C=O) groups excluding carboxylic acids is 4. The molecule has 172 valence electrons. The molecule has 8 nitrogen and oxygen atoms in total. The minimum absolute atomic E-state index is 0.0678. The molecule has 1 atom stereocenters. The van der Waals surface area contributed by atoms with E-state index in [0.717, 1.165) is 36.1 Å². The minimum Gasteiger partial charge on any atom is -0.465 e. The van der Waals surface area contributed by atoms with Gasteiger partial charge in [-0.3, -0.25) is 19.3 Å². The maximum atomic E-state index is 13.4. The monoisotopic (exact) mass is 467 g/mol. The Balaban J connectivity index is 1.45. The molecule has 0 bridgehead atoms. The summed E-state index contributed by atoms with van der Waals surface area (Å²) in [5.41, 5.74) is 1.45. The van der Waals surface area contributed by atoms with Crippen molar-refractivity contribution in [3.05, 3.63) is 45.8 Å². The molecule has 3 aliphatic rings. The maximum Gasteiger partial charge on any atom is 0.341 e. The number of para-hydroxylation sites is 1. The molecule has 0 spiro atoms. The zero-order chi connectivity index (χ0) is 23.3. The van der Waals surface area contributed by atoms with E-state index in [4.69, 9.17) is 4.74 Å². The third kappa shape index (κ3) is 3.33. The van der Waals surface area contributed by atoms with Gasteiger partial charge in [0.1, 0.15) is 17.2 Å². The Kier molecular flexibility index (Phi) is 5.23. The van der Waals surface area contributed by atoms with E-state index in [1.165, 1.54) is 23.3 Å². The van der Waals surface area contributed by atoms with Gasteiger partial charge in [0.05, 0.1) is 23.9 Å². The third-order valence-corrected chi connectivity index (χ3v) is 8.07. The maximum absolute atomic E-state index is 13.4. The van der Waals surface area contributed by atoms with E-state index in [1.54, 1.807) is 29.2 Å². The van der Waals surface area contributed by atoms with Crippen LogP contribution >= 0.6 is 11.3 Å². The van der Waals surface area contributed by atoms with Crippen molar-refractivity contribution in [2.75, 3.05) is 23.9 Å². The van der Waals surface area contributed by atoms with Crippen LogP contribution in [0.4, 0.5) is 10.7 Å². The molecule has 5 rings (SSSR count). The molecule has 1 fully saturated rings. The first-order valence-corrected chi connectivity index (χ1v) is 11.9. The predicted molar refractivity (Wildman–Crippen MR) is 124 cm³/mol. The Morgan fingerprint density at radius 3 is 2.70 bits per heavy atom. The number of hydrogen-bond donors (Lipinski definition) is 1. The van der Waals surface area contributed by atoms with Crippen molar-refractivity contribution < 1.29 is 23.9 Å². The number of aryl methyl sites for hydroxylation is 1. The summed E-state index contributed by atoms with van der Waals surface area (Å²) in [4.78, 5) is 56.0. The fraction of sp³-hybridized carbons (Fsp3) is 0.417. The molecule has 2 aliphatic heterocycles. The number of methoxy groups -OCH3 is 1. The Morgan fingerprint density at radius 1 is 1.15 bits per heavy atom. The van der Waals surface area contributed by atoms with Gasteiger partial charge in [-0.15, -0.1) is 11.3 Å². The first kappa shape index (κ1) is 21.6. The van der Waals surface area contributed by atoms with Crippen molar-refractivity contribution in [2.45, 2.75) is 51.1 Å². The number of nitrogens with zero attached hydrogens (tertiary/aromatic N) is 2. The molecular weight excluding hydrogens is 442 g/mol. The van der Waals surface area contributed by atoms with Gasteiger partial charge in [-0.25, -0.2) is 4.79 Å². The summed E-state index contributed by atoms with van der Waals surface area (Å²) in [7, 11) is 1.33. The molecule has 2 aromatic rings. The lowest BCUT2D eigenvalue weighted by molar-refractivity contribution is -0.120. The number of rotatable bonds is 4. The summed E-state index contributed by atoms with van der Waals surface area (Å²) < 4.78 is 4.98. The number of ether oxygens (including phenoxy) is 1. The summed E-state index contributed by atoms with van der Waals surface area (Å²) in [6, 6.07) is 6.99. The van der Waals surface area contributed by atoms with Crippen molar-refractivity contribution in [3.63, 3.8) is 0 Å². The molecule has 1 aromatic carbocycles. The second-order valence-electron chi connectivity index (χ2n) is 8.81.